The number of ether oxygens (including phenoxy) is 1. The van der Waals surface area contributed by atoms with Gasteiger partial charge in [-0.05, 0) is 25.1 Å². The highest BCUT2D eigenvalue weighted by molar-refractivity contribution is 5.97. The van der Waals surface area contributed by atoms with Crippen LogP contribution in [-0.4, -0.2) is 54.5 Å². The Labute approximate surface area is 133 Å². The number of amides is 1. The second kappa shape index (κ2) is 6.69. The summed E-state index contributed by atoms with van der Waals surface area (Å²) in [7, 11) is 1.91. The average molecular weight is 302 g/mol. The lowest BCUT2D eigenvalue weighted by Crippen LogP contribution is -2.44. The first-order valence-electron chi connectivity index (χ1n) is 8.46. The number of hydrogen-bond acceptors (Lipinski definition) is 3. The number of likely N-dealkylation sites (tertiary alicyclic amines) is 1. The van der Waals surface area contributed by atoms with Crippen molar-refractivity contribution in [2.75, 3.05) is 26.7 Å². The van der Waals surface area contributed by atoms with Gasteiger partial charge in [0.15, 0.2) is 0 Å². The van der Waals surface area contributed by atoms with Crippen LogP contribution in [0.5, 0.6) is 5.75 Å². The Morgan fingerprint density at radius 1 is 1.18 bits per heavy atom. The highest BCUT2D eigenvalue weighted by atomic mass is 16.5. The van der Waals surface area contributed by atoms with Gasteiger partial charge in [0.1, 0.15) is 11.9 Å². The SMILES string of the molecule is CCCCCCN1CC2Oc3ccccc3C(=O)N(C)C2C1. The van der Waals surface area contributed by atoms with Crippen molar-refractivity contribution >= 4 is 5.91 Å². The average Bonchev–Trinajstić information content (AvgIpc) is 2.89. The quantitative estimate of drug-likeness (QED) is 0.784. The van der Waals surface area contributed by atoms with E-state index < -0.39 is 0 Å². The molecule has 22 heavy (non-hydrogen) atoms. The number of benzene rings is 1. The van der Waals surface area contributed by atoms with Gasteiger partial charge < -0.3 is 9.64 Å². The van der Waals surface area contributed by atoms with Crippen LogP contribution in [0.3, 0.4) is 0 Å². The van der Waals surface area contributed by atoms with Gasteiger partial charge in [-0.25, -0.2) is 0 Å². The molecule has 1 amide bonds. The van der Waals surface area contributed by atoms with E-state index in [2.05, 4.69) is 11.8 Å². The summed E-state index contributed by atoms with van der Waals surface area (Å²) >= 11 is 0. The maximum Gasteiger partial charge on any atom is 0.257 e. The molecule has 2 atom stereocenters. The van der Waals surface area contributed by atoms with Gasteiger partial charge in [0.05, 0.1) is 11.6 Å². The molecule has 4 nitrogen and oxygen atoms in total. The van der Waals surface area contributed by atoms with Crippen LogP contribution in [0.2, 0.25) is 0 Å². The first-order valence-corrected chi connectivity index (χ1v) is 8.46. The fraction of sp³-hybridized carbons (Fsp3) is 0.611. The number of carbonyl (C=O) groups is 1. The molecule has 0 saturated carbocycles. The third kappa shape index (κ3) is 2.98. The van der Waals surface area contributed by atoms with Crippen LogP contribution in [0.25, 0.3) is 0 Å². The van der Waals surface area contributed by atoms with Crippen LogP contribution in [-0.2, 0) is 0 Å². The lowest BCUT2D eigenvalue weighted by atomic mass is 10.1. The minimum Gasteiger partial charge on any atom is -0.486 e. The van der Waals surface area contributed by atoms with Crippen LogP contribution in [0.1, 0.15) is 43.0 Å². The van der Waals surface area contributed by atoms with Crippen LogP contribution in [0.15, 0.2) is 24.3 Å². The standard InChI is InChI=1S/C18H26N2O2/c1-3-4-5-8-11-20-12-15-17(13-20)22-16-10-7-6-9-14(16)18(21)19(15)2/h6-7,9-10,15,17H,3-5,8,11-13H2,1-2H3. The molecule has 0 bridgehead atoms. The molecular formula is C18H26N2O2. The fourth-order valence-electron chi connectivity index (χ4n) is 3.52. The minimum absolute atomic E-state index is 0.0796. The molecule has 1 aromatic rings. The van der Waals surface area contributed by atoms with Gasteiger partial charge in [-0.15, -0.1) is 0 Å². The van der Waals surface area contributed by atoms with E-state index in [-0.39, 0.29) is 18.1 Å². The summed E-state index contributed by atoms with van der Waals surface area (Å²) in [6.45, 7) is 5.19. The Balaban J connectivity index is 1.68. The molecule has 0 spiro atoms. The third-order valence-electron chi connectivity index (χ3n) is 4.85. The molecule has 2 aliphatic heterocycles. The number of unbranched alkanes of at least 4 members (excludes halogenated alkanes) is 3. The third-order valence-corrected chi connectivity index (χ3v) is 4.85. The predicted molar refractivity (Wildman–Crippen MR) is 87.3 cm³/mol. The van der Waals surface area contributed by atoms with E-state index >= 15 is 0 Å². The Bertz CT molecular complexity index is 532. The van der Waals surface area contributed by atoms with Gasteiger partial charge in [-0.1, -0.05) is 38.3 Å². The molecule has 3 rings (SSSR count). The Morgan fingerprint density at radius 3 is 2.82 bits per heavy atom. The second-order valence-electron chi connectivity index (χ2n) is 6.46. The zero-order chi connectivity index (χ0) is 15.5. The van der Waals surface area contributed by atoms with Crippen LogP contribution < -0.4 is 4.74 Å². The summed E-state index contributed by atoms with van der Waals surface area (Å²) < 4.78 is 6.18. The van der Waals surface area contributed by atoms with Gasteiger partial charge in [0, 0.05) is 20.1 Å². The maximum atomic E-state index is 12.6. The molecule has 2 unspecified atom stereocenters. The molecule has 1 fully saturated rings. The molecule has 2 heterocycles. The van der Waals surface area contributed by atoms with Gasteiger partial charge in [0.2, 0.25) is 0 Å². The zero-order valence-corrected chi connectivity index (χ0v) is 13.6. The van der Waals surface area contributed by atoms with Gasteiger partial charge in [0.25, 0.3) is 5.91 Å². The predicted octanol–water partition coefficient (Wildman–Crippen LogP) is 2.78. The molecule has 120 valence electrons. The maximum absolute atomic E-state index is 12.6. The monoisotopic (exact) mass is 302 g/mol. The second-order valence-corrected chi connectivity index (χ2v) is 6.46. The van der Waals surface area contributed by atoms with E-state index in [0.29, 0.717) is 5.56 Å². The summed E-state index contributed by atoms with van der Waals surface area (Å²) in [4.78, 5) is 16.9. The van der Waals surface area contributed by atoms with Crippen molar-refractivity contribution < 1.29 is 9.53 Å². The summed E-state index contributed by atoms with van der Waals surface area (Å²) in [5, 5.41) is 0. The molecular weight excluding hydrogens is 276 g/mol. The van der Waals surface area contributed by atoms with E-state index in [4.69, 9.17) is 4.74 Å². The van der Waals surface area contributed by atoms with Crippen molar-refractivity contribution in [3.05, 3.63) is 29.8 Å². The van der Waals surface area contributed by atoms with Crippen molar-refractivity contribution in [2.24, 2.45) is 0 Å². The summed E-state index contributed by atoms with van der Waals surface area (Å²) in [6.07, 6.45) is 5.19. The molecule has 4 heteroatoms. The van der Waals surface area contributed by atoms with Gasteiger partial charge in [-0.3, -0.25) is 9.69 Å². The Morgan fingerprint density at radius 2 is 2.00 bits per heavy atom. The zero-order valence-electron chi connectivity index (χ0n) is 13.6. The van der Waals surface area contributed by atoms with Crippen molar-refractivity contribution in [1.29, 1.82) is 0 Å². The van der Waals surface area contributed by atoms with Crippen LogP contribution in [0.4, 0.5) is 0 Å². The smallest absolute Gasteiger partial charge is 0.257 e. The lowest BCUT2D eigenvalue weighted by Gasteiger charge is -2.25. The van der Waals surface area contributed by atoms with E-state index in [1.165, 1.54) is 25.7 Å². The number of carbonyl (C=O) groups excluding carboxylic acids is 1. The molecule has 2 aliphatic rings. The van der Waals surface area contributed by atoms with Gasteiger partial charge >= 0.3 is 0 Å². The van der Waals surface area contributed by atoms with Crippen LogP contribution >= 0.6 is 0 Å². The Hall–Kier alpha value is -1.55. The highest BCUT2D eigenvalue weighted by Gasteiger charge is 2.41. The molecule has 0 aliphatic carbocycles. The first kappa shape index (κ1) is 15.3. The molecule has 0 N–H and O–H groups in total. The summed E-state index contributed by atoms with van der Waals surface area (Å²) in [5.74, 6) is 0.815. The van der Waals surface area contributed by atoms with Crippen molar-refractivity contribution in [3.63, 3.8) is 0 Å². The number of fused-ring (bicyclic) bond motifs is 2. The number of likely N-dealkylation sites (N-methyl/N-ethyl adjacent to an activating group) is 1. The van der Waals surface area contributed by atoms with Crippen molar-refractivity contribution in [3.8, 4) is 5.75 Å². The summed E-state index contributed by atoms with van der Waals surface area (Å²) in [6, 6.07) is 7.76. The number of hydrogen-bond donors (Lipinski definition) is 0. The van der Waals surface area contributed by atoms with Crippen LogP contribution in [0, 0.1) is 0 Å². The van der Waals surface area contributed by atoms with Crippen molar-refractivity contribution in [1.82, 2.24) is 9.80 Å². The van der Waals surface area contributed by atoms with E-state index in [1.807, 2.05) is 36.2 Å². The highest BCUT2D eigenvalue weighted by Crippen LogP contribution is 2.30. The summed E-state index contributed by atoms with van der Waals surface area (Å²) in [5.41, 5.74) is 0.689. The molecule has 0 radical (unpaired) electrons. The number of nitrogens with zero attached hydrogens (tertiary/aromatic N) is 2. The van der Waals surface area contributed by atoms with E-state index in [1.54, 1.807) is 0 Å². The van der Waals surface area contributed by atoms with Crippen molar-refractivity contribution in [2.45, 2.75) is 44.8 Å². The minimum atomic E-state index is 0.0796. The molecule has 1 aromatic carbocycles. The van der Waals surface area contributed by atoms with E-state index in [0.717, 1.165) is 25.4 Å². The Kier molecular flexibility index (Phi) is 4.67. The number of rotatable bonds is 5. The normalized spacial score (nSPS) is 24.6. The molecule has 1 saturated heterocycles. The lowest BCUT2D eigenvalue weighted by molar-refractivity contribution is 0.0682. The molecule has 0 aromatic heterocycles. The largest absolute Gasteiger partial charge is 0.486 e. The van der Waals surface area contributed by atoms with E-state index in [9.17, 15) is 4.79 Å². The topological polar surface area (TPSA) is 32.8 Å². The number of para-hydroxylation sites is 1. The fourth-order valence-corrected chi connectivity index (χ4v) is 3.52. The first-order chi connectivity index (χ1) is 10.7. The van der Waals surface area contributed by atoms with Gasteiger partial charge in [-0.2, -0.15) is 0 Å².